The summed E-state index contributed by atoms with van der Waals surface area (Å²) in [5.41, 5.74) is 12.7. The fourth-order valence-corrected chi connectivity index (χ4v) is 8.78. The van der Waals surface area contributed by atoms with E-state index in [-0.39, 0.29) is 12.0 Å². The van der Waals surface area contributed by atoms with Crippen LogP contribution in [0.25, 0.3) is 94.8 Å². The Morgan fingerprint density at radius 2 is 1.17 bits per heavy atom. The van der Waals surface area contributed by atoms with Gasteiger partial charge in [-0.1, -0.05) is 109 Å². The molecule has 0 fully saturated rings. The van der Waals surface area contributed by atoms with E-state index in [4.69, 9.17) is 13.6 Å². The molecule has 12 rings (SSSR count). The molecule has 0 radical (unpaired) electrons. The van der Waals surface area contributed by atoms with Gasteiger partial charge in [0.2, 0.25) is 0 Å². The zero-order valence-corrected chi connectivity index (χ0v) is 27.9. The Labute approximate surface area is 297 Å². The number of furan rings is 2. The molecule has 1 aliphatic heterocycles. The second-order valence-electron chi connectivity index (χ2n) is 14.0. The minimum absolute atomic E-state index is 0.0526. The molecular weight excluding hydrogens is 639 g/mol. The maximum Gasteiger partial charge on any atom is 0.148 e. The third-order valence-corrected chi connectivity index (χ3v) is 11.1. The molecular formula is C48H29NO3. The molecule has 10 aromatic rings. The van der Waals surface area contributed by atoms with Crippen LogP contribution >= 0.6 is 0 Å². The molecule has 0 spiro atoms. The van der Waals surface area contributed by atoms with Crippen molar-refractivity contribution >= 4 is 66.9 Å². The Hall–Kier alpha value is -6.78. The van der Waals surface area contributed by atoms with Crippen LogP contribution in [-0.4, -0.2) is 10.7 Å². The molecule has 4 heterocycles. The van der Waals surface area contributed by atoms with Gasteiger partial charge >= 0.3 is 0 Å². The average Bonchev–Trinajstić information content (AvgIpc) is 3.95. The highest BCUT2D eigenvalue weighted by Gasteiger charge is 2.36. The largest absolute Gasteiger partial charge is 0.483 e. The summed E-state index contributed by atoms with van der Waals surface area (Å²) in [6, 6.07) is 53.7. The van der Waals surface area contributed by atoms with E-state index >= 15 is 0 Å². The van der Waals surface area contributed by atoms with Crippen molar-refractivity contribution in [3.05, 3.63) is 168 Å². The van der Waals surface area contributed by atoms with Gasteiger partial charge in [-0.15, -0.1) is 0 Å². The van der Waals surface area contributed by atoms with Crippen LogP contribution in [0.15, 0.2) is 160 Å². The number of rotatable bonds is 3. The number of benzene rings is 7. The molecule has 0 N–H and O–H groups in total. The first kappa shape index (κ1) is 28.0. The fourth-order valence-electron chi connectivity index (χ4n) is 8.78. The van der Waals surface area contributed by atoms with Crippen molar-refractivity contribution in [3.8, 4) is 33.7 Å². The first-order valence-electron chi connectivity index (χ1n) is 17.8. The predicted molar refractivity (Wildman–Crippen MR) is 210 cm³/mol. The number of hydrogen-bond donors (Lipinski definition) is 0. The Morgan fingerprint density at radius 1 is 0.481 bits per heavy atom. The average molecular weight is 668 g/mol. The van der Waals surface area contributed by atoms with Gasteiger partial charge in [-0.05, 0) is 71.3 Å². The van der Waals surface area contributed by atoms with Gasteiger partial charge in [0.05, 0.1) is 22.6 Å². The third-order valence-electron chi connectivity index (χ3n) is 11.1. The number of hydrogen-bond acceptors (Lipinski definition) is 3. The van der Waals surface area contributed by atoms with E-state index in [1.165, 1.54) is 27.4 Å². The lowest BCUT2D eigenvalue weighted by molar-refractivity contribution is 0.286. The van der Waals surface area contributed by atoms with Crippen molar-refractivity contribution in [1.82, 2.24) is 4.57 Å². The lowest BCUT2D eigenvalue weighted by Crippen LogP contribution is -2.32. The Morgan fingerprint density at radius 3 is 2.04 bits per heavy atom. The van der Waals surface area contributed by atoms with Crippen molar-refractivity contribution < 1.29 is 13.6 Å². The molecule has 7 aromatic carbocycles. The Bertz CT molecular complexity index is 3190. The van der Waals surface area contributed by atoms with Crippen molar-refractivity contribution in [2.75, 3.05) is 0 Å². The second kappa shape index (κ2) is 10.4. The van der Waals surface area contributed by atoms with Crippen molar-refractivity contribution in [1.29, 1.82) is 0 Å². The second-order valence-corrected chi connectivity index (χ2v) is 14.0. The number of para-hydroxylation sites is 5. The number of ether oxygens (including phenoxy) is 1. The summed E-state index contributed by atoms with van der Waals surface area (Å²) < 4.78 is 22.2. The maximum absolute atomic E-state index is 6.91. The molecule has 3 aromatic heterocycles. The van der Waals surface area contributed by atoms with Crippen LogP contribution in [0.1, 0.15) is 11.5 Å². The minimum Gasteiger partial charge on any atom is -0.483 e. The lowest BCUT2D eigenvalue weighted by Gasteiger charge is -2.14. The van der Waals surface area contributed by atoms with Crippen LogP contribution in [0, 0.1) is 0 Å². The molecule has 1 aliphatic carbocycles. The Kier molecular flexibility index (Phi) is 5.58. The predicted octanol–water partition coefficient (Wildman–Crippen LogP) is 10.9. The van der Waals surface area contributed by atoms with E-state index in [1.54, 1.807) is 0 Å². The molecule has 0 bridgehead atoms. The molecule has 0 saturated carbocycles. The third kappa shape index (κ3) is 3.86. The summed E-state index contributed by atoms with van der Waals surface area (Å²) >= 11 is 0. The molecule has 2 aliphatic rings. The molecule has 52 heavy (non-hydrogen) atoms. The SMILES string of the molecule is C1=c2oc3c(-c4cccc(-c5ccc6oc7ccccc7c6c5)c4)cccc3c2=CC2Oc3c(cccc3-n3c4ccccc4c4ccccc43)C12. The van der Waals surface area contributed by atoms with Crippen LogP contribution in [0.4, 0.5) is 0 Å². The van der Waals surface area contributed by atoms with Crippen molar-refractivity contribution in [3.63, 3.8) is 0 Å². The number of fused-ring (bicyclic) bond motifs is 12. The molecule has 2 atom stereocenters. The number of nitrogens with zero attached hydrogens (tertiary/aromatic N) is 1. The molecule has 244 valence electrons. The summed E-state index contributed by atoms with van der Waals surface area (Å²) in [4.78, 5) is 0. The maximum atomic E-state index is 6.91. The summed E-state index contributed by atoms with van der Waals surface area (Å²) in [5.74, 6) is 0.988. The van der Waals surface area contributed by atoms with Gasteiger partial charge in [0.25, 0.3) is 0 Å². The van der Waals surface area contributed by atoms with Crippen LogP contribution in [0.5, 0.6) is 5.75 Å². The van der Waals surface area contributed by atoms with Gasteiger partial charge in [0.1, 0.15) is 34.0 Å². The van der Waals surface area contributed by atoms with Gasteiger partial charge < -0.3 is 18.1 Å². The zero-order valence-electron chi connectivity index (χ0n) is 27.9. The van der Waals surface area contributed by atoms with Gasteiger partial charge in [0.15, 0.2) is 0 Å². The molecule has 0 amide bonds. The van der Waals surface area contributed by atoms with Crippen LogP contribution in [0.3, 0.4) is 0 Å². The lowest BCUT2D eigenvalue weighted by atomic mass is 9.91. The molecule has 4 nitrogen and oxygen atoms in total. The quantitative estimate of drug-likeness (QED) is 0.188. The normalized spacial score (nSPS) is 16.2. The molecule has 4 heteroatoms. The van der Waals surface area contributed by atoms with Gasteiger partial charge in [-0.2, -0.15) is 0 Å². The summed E-state index contributed by atoms with van der Waals surface area (Å²) in [5, 5.41) is 6.93. The van der Waals surface area contributed by atoms with E-state index in [9.17, 15) is 0 Å². The van der Waals surface area contributed by atoms with Crippen molar-refractivity contribution in [2.24, 2.45) is 0 Å². The Balaban J connectivity index is 0.966. The van der Waals surface area contributed by atoms with Gasteiger partial charge in [-0.25, -0.2) is 0 Å². The fraction of sp³-hybridized carbons (Fsp3) is 0.0417. The highest BCUT2D eigenvalue weighted by atomic mass is 16.5. The topological polar surface area (TPSA) is 40.4 Å². The van der Waals surface area contributed by atoms with Crippen LogP contribution < -0.4 is 15.4 Å². The first-order valence-corrected chi connectivity index (χ1v) is 17.8. The smallest absolute Gasteiger partial charge is 0.148 e. The highest BCUT2D eigenvalue weighted by molar-refractivity contribution is 6.09. The standard InChI is InChI=1S/C48H29NO3/c1-4-18-40-32(12-1)33-13-2-5-19-41(33)49(40)42-20-9-17-36-39-27-45-38(26-46(39)52-48(36)42)35-16-8-15-31(47(35)51-45)30-11-7-10-28(24-30)29-22-23-44-37(25-29)34-14-3-6-21-43(34)50-44/h1-27,39,46H. The van der Waals surface area contributed by atoms with Gasteiger partial charge in [-0.3, -0.25) is 0 Å². The van der Waals surface area contributed by atoms with E-state index in [0.717, 1.165) is 77.2 Å². The minimum atomic E-state index is -0.126. The molecule has 2 unspecified atom stereocenters. The first-order chi connectivity index (χ1) is 25.8. The monoisotopic (exact) mass is 667 g/mol. The van der Waals surface area contributed by atoms with E-state index < -0.39 is 0 Å². The van der Waals surface area contributed by atoms with Gasteiger partial charge in [0, 0.05) is 43.3 Å². The van der Waals surface area contributed by atoms with E-state index in [0.29, 0.717) is 0 Å². The summed E-state index contributed by atoms with van der Waals surface area (Å²) in [7, 11) is 0. The zero-order chi connectivity index (χ0) is 33.9. The van der Waals surface area contributed by atoms with E-state index in [1.807, 2.05) is 12.1 Å². The summed E-state index contributed by atoms with van der Waals surface area (Å²) in [6.07, 6.45) is 4.41. The molecule has 0 saturated heterocycles. The van der Waals surface area contributed by atoms with Crippen LogP contribution in [-0.2, 0) is 0 Å². The number of aromatic nitrogens is 1. The summed E-state index contributed by atoms with van der Waals surface area (Å²) in [6.45, 7) is 0. The van der Waals surface area contributed by atoms with Crippen LogP contribution in [0.2, 0.25) is 0 Å². The van der Waals surface area contributed by atoms with E-state index in [2.05, 4.69) is 156 Å². The highest BCUT2D eigenvalue weighted by Crippen LogP contribution is 2.46. The van der Waals surface area contributed by atoms with Crippen molar-refractivity contribution in [2.45, 2.75) is 12.0 Å².